The van der Waals surface area contributed by atoms with Gasteiger partial charge in [0.05, 0.1) is 12.1 Å². The molecular formula is C9H9N3O4. The molecule has 0 saturated heterocycles. The number of aromatic amines is 1. The van der Waals surface area contributed by atoms with E-state index in [1.54, 1.807) is 6.92 Å². The lowest BCUT2D eigenvalue weighted by Crippen LogP contribution is -2.12. The van der Waals surface area contributed by atoms with Crippen molar-refractivity contribution in [3.05, 3.63) is 21.9 Å². The normalized spacial score (nSPS) is 10.8. The fourth-order valence-electron chi connectivity index (χ4n) is 1.38. The number of hydrogen-bond acceptors (Lipinski definition) is 5. The smallest absolute Gasteiger partial charge is 0.303 e. The number of nitrogens with zero attached hydrogens (tertiary/aromatic N) is 2. The first kappa shape index (κ1) is 10.3. The third-order valence-electron chi connectivity index (χ3n) is 2.14. The van der Waals surface area contributed by atoms with Gasteiger partial charge in [-0.25, -0.2) is 0 Å². The number of nitrogens with one attached hydrogen (secondary N) is 1. The molecule has 0 bridgehead atoms. The molecule has 0 aliphatic rings. The quantitative estimate of drug-likeness (QED) is 0.771. The second kappa shape index (κ2) is 3.76. The molecule has 0 fully saturated rings. The van der Waals surface area contributed by atoms with E-state index in [1.807, 2.05) is 0 Å². The molecule has 16 heavy (non-hydrogen) atoms. The Bertz CT molecular complexity index is 598. The van der Waals surface area contributed by atoms with Crippen molar-refractivity contribution in [3.63, 3.8) is 0 Å². The molecule has 0 aromatic carbocycles. The summed E-state index contributed by atoms with van der Waals surface area (Å²) in [5, 5.41) is 12.4. The van der Waals surface area contributed by atoms with E-state index in [4.69, 9.17) is 9.63 Å². The summed E-state index contributed by atoms with van der Waals surface area (Å²) in [6, 6.07) is 0. The Kier molecular flexibility index (Phi) is 2.43. The highest BCUT2D eigenvalue weighted by Gasteiger charge is 2.12. The van der Waals surface area contributed by atoms with E-state index in [2.05, 4.69) is 15.1 Å². The maximum atomic E-state index is 11.6. The highest BCUT2D eigenvalue weighted by Crippen LogP contribution is 2.10. The van der Waals surface area contributed by atoms with Gasteiger partial charge >= 0.3 is 5.97 Å². The molecule has 7 heteroatoms. The SMILES string of the molecule is Cc1noc2nc(CCC(=O)O)[nH]c(=O)c12. The zero-order valence-corrected chi connectivity index (χ0v) is 8.48. The summed E-state index contributed by atoms with van der Waals surface area (Å²) in [6.45, 7) is 1.64. The number of aromatic nitrogens is 3. The Morgan fingerprint density at radius 2 is 2.31 bits per heavy atom. The van der Waals surface area contributed by atoms with Crippen LogP contribution in [0.2, 0.25) is 0 Å². The van der Waals surface area contributed by atoms with Gasteiger partial charge in [-0.1, -0.05) is 5.16 Å². The second-order valence-corrected chi connectivity index (χ2v) is 3.35. The topological polar surface area (TPSA) is 109 Å². The highest BCUT2D eigenvalue weighted by atomic mass is 16.5. The highest BCUT2D eigenvalue weighted by molar-refractivity contribution is 5.74. The van der Waals surface area contributed by atoms with Crippen molar-refractivity contribution >= 4 is 17.1 Å². The van der Waals surface area contributed by atoms with Crippen molar-refractivity contribution in [1.82, 2.24) is 15.1 Å². The minimum Gasteiger partial charge on any atom is -0.481 e. The van der Waals surface area contributed by atoms with Crippen LogP contribution in [0, 0.1) is 6.92 Å². The van der Waals surface area contributed by atoms with E-state index in [0.717, 1.165) is 0 Å². The number of rotatable bonds is 3. The van der Waals surface area contributed by atoms with Crippen molar-refractivity contribution in [3.8, 4) is 0 Å². The lowest BCUT2D eigenvalue weighted by Gasteiger charge is -1.96. The van der Waals surface area contributed by atoms with Gasteiger partial charge in [0, 0.05) is 6.42 Å². The third kappa shape index (κ3) is 1.79. The van der Waals surface area contributed by atoms with Crippen molar-refractivity contribution in [2.24, 2.45) is 0 Å². The molecule has 2 aromatic rings. The maximum absolute atomic E-state index is 11.6. The summed E-state index contributed by atoms with van der Waals surface area (Å²) in [4.78, 5) is 28.4. The summed E-state index contributed by atoms with van der Waals surface area (Å²) in [7, 11) is 0. The van der Waals surface area contributed by atoms with Crippen LogP contribution in [0.1, 0.15) is 17.9 Å². The molecule has 2 rings (SSSR count). The van der Waals surface area contributed by atoms with Crippen LogP contribution in [0.4, 0.5) is 0 Å². The number of carboxylic acids is 1. The first-order valence-corrected chi connectivity index (χ1v) is 4.65. The predicted molar refractivity (Wildman–Crippen MR) is 53.1 cm³/mol. The largest absolute Gasteiger partial charge is 0.481 e. The average Bonchev–Trinajstić information content (AvgIpc) is 2.58. The van der Waals surface area contributed by atoms with Gasteiger partial charge in [0.1, 0.15) is 11.2 Å². The molecule has 0 radical (unpaired) electrons. The number of aliphatic carboxylic acids is 1. The monoisotopic (exact) mass is 223 g/mol. The standard InChI is InChI=1S/C9H9N3O4/c1-4-7-8(15)10-5(2-3-6(13)14)11-9(7)16-12-4/h2-3H2,1H3,(H,13,14)(H,10,11,15). The molecule has 0 atom stereocenters. The number of hydrogen-bond donors (Lipinski definition) is 2. The number of aryl methyl sites for hydroxylation is 2. The Morgan fingerprint density at radius 1 is 1.56 bits per heavy atom. The van der Waals surface area contributed by atoms with Crippen molar-refractivity contribution in [1.29, 1.82) is 0 Å². The lowest BCUT2D eigenvalue weighted by molar-refractivity contribution is -0.137. The zero-order valence-electron chi connectivity index (χ0n) is 8.48. The van der Waals surface area contributed by atoms with E-state index in [9.17, 15) is 9.59 Å². The van der Waals surface area contributed by atoms with Crippen LogP contribution in [0.25, 0.3) is 11.1 Å². The Morgan fingerprint density at radius 3 is 3.00 bits per heavy atom. The summed E-state index contributed by atoms with van der Waals surface area (Å²) >= 11 is 0. The van der Waals surface area contributed by atoms with Gasteiger partial charge in [0.25, 0.3) is 11.3 Å². The molecule has 7 nitrogen and oxygen atoms in total. The second-order valence-electron chi connectivity index (χ2n) is 3.35. The van der Waals surface area contributed by atoms with E-state index in [0.29, 0.717) is 11.1 Å². The maximum Gasteiger partial charge on any atom is 0.303 e. The van der Waals surface area contributed by atoms with Gasteiger partial charge in [0.15, 0.2) is 0 Å². The first-order chi connectivity index (χ1) is 7.58. The van der Waals surface area contributed by atoms with Gasteiger partial charge in [-0.05, 0) is 6.92 Å². The Labute approximate surface area is 89.1 Å². The molecule has 0 aliphatic heterocycles. The van der Waals surface area contributed by atoms with Crippen LogP contribution >= 0.6 is 0 Å². The van der Waals surface area contributed by atoms with Gasteiger partial charge in [-0.15, -0.1) is 0 Å². The van der Waals surface area contributed by atoms with Crippen molar-refractivity contribution < 1.29 is 14.4 Å². The minimum absolute atomic E-state index is 0.0957. The van der Waals surface area contributed by atoms with Gasteiger partial charge < -0.3 is 14.6 Å². The first-order valence-electron chi connectivity index (χ1n) is 4.65. The van der Waals surface area contributed by atoms with Crippen LogP contribution in [0.5, 0.6) is 0 Å². The van der Waals surface area contributed by atoms with Crippen LogP contribution in [-0.2, 0) is 11.2 Å². The van der Waals surface area contributed by atoms with E-state index in [1.165, 1.54) is 0 Å². The summed E-state index contributed by atoms with van der Waals surface area (Å²) in [6.07, 6.45) is 0.0574. The van der Waals surface area contributed by atoms with E-state index in [-0.39, 0.29) is 29.9 Å². The third-order valence-corrected chi connectivity index (χ3v) is 2.14. The Balaban J connectivity index is 2.43. The number of carbonyl (C=O) groups is 1. The molecule has 2 heterocycles. The molecule has 0 amide bonds. The van der Waals surface area contributed by atoms with Crippen LogP contribution in [0.15, 0.2) is 9.32 Å². The molecule has 0 saturated carbocycles. The van der Waals surface area contributed by atoms with Gasteiger partial charge in [-0.3, -0.25) is 9.59 Å². The molecule has 2 N–H and O–H groups in total. The molecule has 0 aliphatic carbocycles. The predicted octanol–water partition coefficient (Wildman–Crippen LogP) is 0.237. The summed E-state index contributed by atoms with van der Waals surface area (Å²) < 4.78 is 4.85. The molecule has 0 spiro atoms. The summed E-state index contributed by atoms with van der Waals surface area (Å²) in [5.41, 5.74) is 0.249. The van der Waals surface area contributed by atoms with Gasteiger partial charge in [0.2, 0.25) is 0 Å². The zero-order chi connectivity index (χ0) is 11.7. The van der Waals surface area contributed by atoms with Crippen LogP contribution in [-0.4, -0.2) is 26.2 Å². The molecule has 0 unspecified atom stereocenters. The van der Waals surface area contributed by atoms with Crippen LogP contribution < -0.4 is 5.56 Å². The van der Waals surface area contributed by atoms with Crippen molar-refractivity contribution in [2.45, 2.75) is 19.8 Å². The van der Waals surface area contributed by atoms with Crippen molar-refractivity contribution in [2.75, 3.05) is 0 Å². The molecule has 84 valence electrons. The van der Waals surface area contributed by atoms with Gasteiger partial charge in [-0.2, -0.15) is 4.98 Å². The lowest BCUT2D eigenvalue weighted by atomic mass is 10.3. The average molecular weight is 223 g/mol. The fourth-order valence-corrected chi connectivity index (χ4v) is 1.38. The number of carboxylic acid groups (broad SMARTS) is 1. The minimum atomic E-state index is -0.948. The number of H-pyrrole nitrogens is 1. The van der Waals surface area contributed by atoms with Crippen LogP contribution in [0.3, 0.4) is 0 Å². The van der Waals surface area contributed by atoms with E-state index < -0.39 is 5.97 Å². The Hall–Kier alpha value is -2.18. The number of fused-ring (bicyclic) bond motifs is 1. The summed E-state index contributed by atoms with van der Waals surface area (Å²) in [5.74, 6) is -0.660. The fraction of sp³-hybridized carbons (Fsp3) is 0.333. The molecular weight excluding hydrogens is 214 g/mol. The molecule has 2 aromatic heterocycles. The van der Waals surface area contributed by atoms with E-state index >= 15 is 0 Å².